The topological polar surface area (TPSA) is 133 Å². The Labute approximate surface area is 162 Å². The number of nitrogens with zero attached hydrogens (tertiary/aromatic N) is 2. The fraction of sp³-hybridized carbons (Fsp3) is 0.316. The number of amides is 3. The van der Waals surface area contributed by atoms with Crippen molar-refractivity contribution in [2.75, 3.05) is 10.6 Å². The first kappa shape index (κ1) is 21.0. The number of hydrogen-bond donors (Lipinski definition) is 4. The summed E-state index contributed by atoms with van der Waals surface area (Å²) in [5.74, 6) is -0.953. The van der Waals surface area contributed by atoms with Crippen molar-refractivity contribution >= 4 is 29.1 Å². The highest BCUT2D eigenvalue weighted by atomic mass is 16.5. The first-order chi connectivity index (χ1) is 13.6. The van der Waals surface area contributed by atoms with Crippen LogP contribution in [0.25, 0.3) is 0 Å². The Morgan fingerprint density at radius 2 is 1.39 bits per heavy atom. The fourth-order valence-electron chi connectivity index (χ4n) is 2.50. The summed E-state index contributed by atoms with van der Waals surface area (Å²) in [7, 11) is 0. The van der Waals surface area contributed by atoms with E-state index in [2.05, 4.69) is 20.6 Å². The normalized spacial score (nSPS) is 10.2. The lowest BCUT2D eigenvalue weighted by Crippen LogP contribution is -2.20. The number of pyridine rings is 2. The molecule has 0 aromatic carbocycles. The molecule has 0 radical (unpaired) electrons. The van der Waals surface area contributed by atoms with Crippen molar-refractivity contribution in [1.82, 2.24) is 15.4 Å². The molecule has 2 aromatic heterocycles. The van der Waals surface area contributed by atoms with Gasteiger partial charge in [-0.2, -0.15) is 0 Å². The van der Waals surface area contributed by atoms with Gasteiger partial charge in [0.2, 0.25) is 11.8 Å². The zero-order chi connectivity index (χ0) is 20.2. The third kappa shape index (κ3) is 7.50. The van der Waals surface area contributed by atoms with Crippen LogP contribution in [0, 0.1) is 0 Å². The van der Waals surface area contributed by atoms with Gasteiger partial charge in [0.1, 0.15) is 5.69 Å². The molecule has 0 aliphatic heterocycles. The number of unbranched alkanes of at least 4 members (excludes halogenated alkanes) is 3. The van der Waals surface area contributed by atoms with Crippen LogP contribution in [0.5, 0.6) is 0 Å². The standard InChI is InChI=1S/C19H23N5O4/c25-17(22-14-7-10-20-11-8-14)5-3-1-2-4-6-18(26)23-15-9-12-21-16(13-15)19(27)24-28/h7-13,28H,1-6H2,(H,24,27)(H,20,22,25)(H,21,23,26). The average molecular weight is 385 g/mol. The van der Waals surface area contributed by atoms with Gasteiger partial charge in [-0.05, 0) is 37.1 Å². The van der Waals surface area contributed by atoms with E-state index in [0.717, 1.165) is 24.9 Å². The van der Waals surface area contributed by atoms with Crippen molar-refractivity contribution in [3.63, 3.8) is 0 Å². The van der Waals surface area contributed by atoms with Crippen molar-refractivity contribution in [1.29, 1.82) is 0 Å². The molecule has 2 aromatic rings. The fourth-order valence-corrected chi connectivity index (χ4v) is 2.50. The van der Waals surface area contributed by atoms with Crippen molar-refractivity contribution in [2.24, 2.45) is 0 Å². The molecule has 2 heterocycles. The van der Waals surface area contributed by atoms with Crippen LogP contribution in [0.1, 0.15) is 49.0 Å². The number of hydrogen-bond acceptors (Lipinski definition) is 6. The maximum absolute atomic E-state index is 12.0. The third-order valence-electron chi connectivity index (χ3n) is 3.90. The van der Waals surface area contributed by atoms with Gasteiger partial charge in [-0.1, -0.05) is 12.8 Å². The maximum atomic E-state index is 12.0. The lowest BCUT2D eigenvalue weighted by Gasteiger charge is -2.07. The lowest BCUT2D eigenvalue weighted by atomic mass is 10.1. The summed E-state index contributed by atoms with van der Waals surface area (Å²) in [6.07, 6.45) is 8.53. The Balaban J connectivity index is 1.59. The largest absolute Gasteiger partial charge is 0.326 e. The van der Waals surface area contributed by atoms with Gasteiger partial charge in [0, 0.05) is 42.8 Å². The number of aromatic nitrogens is 2. The Kier molecular flexibility index (Phi) is 8.54. The molecule has 2 rings (SSSR count). The van der Waals surface area contributed by atoms with E-state index in [1.807, 2.05) is 0 Å². The first-order valence-electron chi connectivity index (χ1n) is 8.98. The number of carbonyl (C=O) groups is 3. The number of carbonyl (C=O) groups excluding carboxylic acids is 3. The molecule has 0 unspecified atom stereocenters. The van der Waals surface area contributed by atoms with Crippen LogP contribution < -0.4 is 16.1 Å². The van der Waals surface area contributed by atoms with E-state index in [-0.39, 0.29) is 17.5 Å². The lowest BCUT2D eigenvalue weighted by molar-refractivity contribution is -0.117. The van der Waals surface area contributed by atoms with E-state index in [1.165, 1.54) is 17.7 Å². The quantitative estimate of drug-likeness (QED) is 0.282. The Morgan fingerprint density at radius 1 is 0.821 bits per heavy atom. The predicted octanol–water partition coefficient (Wildman–Crippen LogP) is 2.51. The minimum atomic E-state index is -0.746. The predicted molar refractivity (Wildman–Crippen MR) is 103 cm³/mol. The molecule has 148 valence electrons. The zero-order valence-corrected chi connectivity index (χ0v) is 15.4. The van der Waals surface area contributed by atoms with Crippen molar-refractivity contribution in [3.05, 3.63) is 48.5 Å². The summed E-state index contributed by atoms with van der Waals surface area (Å²) >= 11 is 0. The molecule has 9 heteroatoms. The monoisotopic (exact) mass is 385 g/mol. The molecule has 0 aliphatic carbocycles. The Morgan fingerprint density at radius 3 is 2.00 bits per heavy atom. The summed E-state index contributed by atoms with van der Waals surface area (Å²) < 4.78 is 0. The number of nitrogens with one attached hydrogen (secondary N) is 3. The molecule has 0 saturated heterocycles. The minimum absolute atomic E-state index is 0.00495. The Bertz CT molecular complexity index is 798. The molecule has 3 amide bonds. The number of rotatable bonds is 10. The maximum Gasteiger partial charge on any atom is 0.293 e. The van der Waals surface area contributed by atoms with Crippen LogP contribution in [0.2, 0.25) is 0 Å². The van der Waals surface area contributed by atoms with Gasteiger partial charge in [-0.25, -0.2) is 5.48 Å². The van der Waals surface area contributed by atoms with Crippen LogP contribution in [0.3, 0.4) is 0 Å². The second kappa shape index (κ2) is 11.4. The number of hydroxylamine groups is 1. The highest BCUT2D eigenvalue weighted by Gasteiger charge is 2.08. The summed E-state index contributed by atoms with van der Waals surface area (Å²) in [5, 5.41) is 14.1. The van der Waals surface area contributed by atoms with Crippen LogP contribution in [0.4, 0.5) is 11.4 Å². The van der Waals surface area contributed by atoms with Crippen LogP contribution in [0.15, 0.2) is 42.9 Å². The third-order valence-corrected chi connectivity index (χ3v) is 3.90. The smallest absolute Gasteiger partial charge is 0.293 e. The van der Waals surface area contributed by atoms with Gasteiger partial charge in [-0.15, -0.1) is 0 Å². The summed E-state index contributed by atoms with van der Waals surface area (Å²) in [6.45, 7) is 0. The summed E-state index contributed by atoms with van der Waals surface area (Å²) in [6, 6.07) is 6.41. The molecular weight excluding hydrogens is 362 g/mol. The van der Waals surface area contributed by atoms with E-state index in [9.17, 15) is 14.4 Å². The summed E-state index contributed by atoms with van der Waals surface area (Å²) in [4.78, 5) is 42.8. The van der Waals surface area contributed by atoms with E-state index < -0.39 is 5.91 Å². The van der Waals surface area contributed by atoms with Gasteiger partial charge in [0.15, 0.2) is 0 Å². The zero-order valence-electron chi connectivity index (χ0n) is 15.4. The van der Waals surface area contributed by atoms with E-state index in [4.69, 9.17) is 5.21 Å². The molecule has 0 aliphatic rings. The van der Waals surface area contributed by atoms with Crippen molar-refractivity contribution in [2.45, 2.75) is 38.5 Å². The molecule has 9 nitrogen and oxygen atoms in total. The van der Waals surface area contributed by atoms with Crippen molar-refractivity contribution in [3.8, 4) is 0 Å². The summed E-state index contributed by atoms with van der Waals surface area (Å²) in [5.41, 5.74) is 2.66. The Hall–Kier alpha value is -3.33. The van der Waals surface area contributed by atoms with E-state index >= 15 is 0 Å². The minimum Gasteiger partial charge on any atom is -0.326 e. The molecule has 0 saturated carbocycles. The van der Waals surface area contributed by atoms with E-state index in [1.54, 1.807) is 30.6 Å². The van der Waals surface area contributed by atoms with Crippen LogP contribution in [-0.4, -0.2) is 32.9 Å². The molecule has 0 atom stereocenters. The second-order valence-corrected chi connectivity index (χ2v) is 6.12. The molecule has 28 heavy (non-hydrogen) atoms. The first-order valence-corrected chi connectivity index (χ1v) is 8.98. The number of anilines is 2. The van der Waals surface area contributed by atoms with Crippen molar-refractivity contribution < 1.29 is 19.6 Å². The second-order valence-electron chi connectivity index (χ2n) is 6.12. The van der Waals surface area contributed by atoms with Gasteiger partial charge in [0.05, 0.1) is 0 Å². The van der Waals surface area contributed by atoms with Crippen LogP contribution >= 0.6 is 0 Å². The van der Waals surface area contributed by atoms with Gasteiger partial charge in [-0.3, -0.25) is 29.6 Å². The molecule has 0 fully saturated rings. The highest BCUT2D eigenvalue weighted by molar-refractivity contribution is 5.95. The average Bonchev–Trinajstić information content (AvgIpc) is 2.71. The van der Waals surface area contributed by atoms with Crippen LogP contribution in [-0.2, 0) is 9.59 Å². The molecular formula is C19H23N5O4. The van der Waals surface area contributed by atoms with Gasteiger partial charge >= 0.3 is 0 Å². The molecule has 0 bridgehead atoms. The van der Waals surface area contributed by atoms with E-state index in [0.29, 0.717) is 24.9 Å². The molecule has 4 N–H and O–H groups in total. The SMILES string of the molecule is O=C(CCCCCCC(=O)Nc1ccnc(C(=O)NO)c1)Nc1ccncc1. The highest BCUT2D eigenvalue weighted by Crippen LogP contribution is 2.11. The van der Waals surface area contributed by atoms with Gasteiger partial charge in [0.25, 0.3) is 5.91 Å². The molecule has 0 spiro atoms. The van der Waals surface area contributed by atoms with Gasteiger partial charge < -0.3 is 10.6 Å².